The van der Waals surface area contributed by atoms with Crippen molar-refractivity contribution in [3.05, 3.63) is 42.0 Å². The fraction of sp³-hybridized carbons (Fsp3) is 0.250. The first kappa shape index (κ1) is 20.1. The average molecular weight is 387 g/mol. The standard InChI is InChI=1S/C12H12F3NO6S2/c1-8(2)11(17)22-10-5-3-4-9(6-10)7-23(18,19)16-24(20,21)12(13,14)15/h3-6,16H,1,7H2,2H3. The molecule has 12 heteroatoms. The highest BCUT2D eigenvalue weighted by atomic mass is 32.3. The molecule has 0 aliphatic carbocycles. The number of carbonyl (C=O) groups excluding carboxylic acids is 1. The zero-order valence-electron chi connectivity index (χ0n) is 12.1. The van der Waals surface area contributed by atoms with Gasteiger partial charge in [0.05, 0.1) is 5.75 Å². The molecule has 0 spiro atoms. The Morgan fingerprint density at radius 3 is 2.33 bits per heavy atom. The van der Waals surface area contributed by atoms with E-state index >= 15 is 0 Å². The fourth-order valence-electron chi connectivity index (χ4n) is 1.36. The number of rotatable bonds is 6. The van der Waals surface area contributed by atoms with Crippen molar-refractivity contribution >= 4 is 26.0 Å². The van der Waals surface area contributed by atoms with Gasteiger partial charge in [-0.3, -0.25) is 0 Å². The van der Waals surface area contributed by atoms with Gasteiger partial charge in [-0.2, -0.15) is 13.2 Å². The number of halogens is 3. The molecule has 0 saturated carbocycles. The van der Waals surface area contributed by atoms with Gasteiger partial charge in [0, 0.05) is 5.57 Å². The summed E-state index contributed by atoms with van der Waals surface area (Å²) in [5.74, 6) is -1.93. The molecule has 24 heavy (non-hydrogen) atoms. The molecule has 1 rings (SSSR count). The molecule has 7 nitrogen and oxygen atoms in total. The van der Waals surface area contributed by atoms with Gasteiger partial charge in [-0.1, -0.05) is 18.7 Å². The Morgan fingerprint density at radius 1 is 1.25 bits per heavy atom. The second-order valence-corrected chi connectivity index (χ2v) is 8.26. The Labute approximate surface area is 136 Å². The summed E-state index contributed by atoms with van der Waals surface area (Å²) in [7, 11) is -10.9. The van der Waals surface area contributed by atoms with E-state index < -0.39 is 37.3 Å². The molecule has 0 unspecified atom stereocenters. The molecule has 0 atom stereocenters. The van der Waals surface area contributed by atoms with Gasteiger partial charge in [-0.15, -0.1) is 4.13 Å². The van der Waals surface area contributed by atoms with Crippen molar-refractivity contribution in [3.8, 4) is 5.75 Å². The van der Waals surface area contributed by atoms with E-state index in [2.05, 4.69) is 6.58 Å². The minimum Gasteiger partial charge on any atom is -0.423 e. The zero-order chi connectivity index (χ0) is 18.8. The molecule has 0 bridgehead atoms. The van der Waals surface area contributed by atoms with Crippen molar-refractivity contribution in [1.29, 1.82) is 0 Å². The number of nitrogens with one attached hydrogen (secondary N) is 1. The minimum atomic E-state index is -6.05. The molecule has 0 heterocycles. The summed E-state index contributed by atoms with van der Waals surface area (Å²) in [6.07, 6.45) is 0. The van der Waals surface area contributed by atoms with Crippen LogP contribution in [0.4, 0.5) is 13.2 Å². The summed E-state index contributed by atoms with van der Waals surface area (Å²) in [4.78, 5) is 11.4. The first-order valence-corrected chi connectivity index (χ1v) is 9.16. The number of benzene rings is 1. The predicted octanol–water partition coefficient (Wildman–Crippen LogP) is 1.44. The summed E-state index contributed by atoms with van der Waals surface area (Å²) in [6.45, 7) is 4.72. The molecule has 134 valence electrons. The lowest BCUT2D eigenvalue weighted by Crippen LogP contribution is -2.40. The highest BCUT2D eigenvalue weighted by molar-refractivity contribution is 8.04. The Kier molecular flexibility index (Phi) is 5.79. The molecule has 0 aromatic heterocycles. The van der Waals surface area contributed by atoms with Gasteiger partial charge in [0.25, 0.3) is 0 Å². The summed E-state index contributed by atoms with van der Waals surface area (Å²) < 4.78 is 86.9. The van der Waals surface area contributed by atoms with Crippen LogP contribution in [0.3, 0.4) is 0 Å². The number of hydrogen-bond acceptors (Lipinski definition) is 6. The largest absolute Gasteiger partial charge is 0.512 e. The van der Waals surface area contributed by atoms with Gasteiger partial charge in [-0.25, -0.2) is 21.6 Å². The van der Waals surface area contributed by atoms with E-state index in [0.717, 1.165) is 6.07 Å². The predicted molar refractivity (Wildman–Crippen MR) is 77.6 cm³/mol. The number of sulfonamides is 2. The van der Waals surface area contributed by atoms with Crippen molar-refractivity contribution in [2.75, 3.05) is 0 Å². The van der Waals surface area contributed by atoms with Crippen LogP contribution >= 0.6 is 0 Å². The molecule has 1 aromatic carbocycles. The van der Waals surface area contributed by atoms with E-state index in [-0.39, 0.29) is 16.9 Å². The van der Waals surface area contributed by atoms with Gasteiger partial charge in [0.15, 0.2) is 0 Å². The Bertz CT molecular complexity index is 859. The van der Waals surface area contributed by atoms with Crippen LogP contribution in [0.15, 0.2) is 36.4 Å². The molecule has 0 amide bonds. The first-order chi connectivity index (χ1) is 10.7. The molecule has 1 aromatic rings. The van der Waals surface area contributed by atoms with E-state index in [4.69, 9.17) is 4.74 Å². The summed E-state index contributed by atoms with van der Waals surface area (Å²) in [5.41, 5.74) is -5.78. The normalized spacial score (nSPS) is 12.7. The Balaban J connectivity index is 2.97. The van der Waals surface area contributed by atoms with Crippen LogP contribution in [0.25, 0.3) is 0 Å². The van der Waals surface area contributed by atoms with Crippen LogP contribution in [-0.4, -0.2) is 28.3 Å². The SMILES string of the molecule is C=C(C)C(=O)Oc1cccc(CS(=O)(=O)NS(=O)(=O)C(F)(F)F)c1. The topological polar surface area (TPSA) is 107 Å². The lowest BCUT2D eigenvalue weighted by atomic mass is 10.2. The third-order valence-electron chi connectivity index (χ3n) is 2.36. The highest BCUT2D eigenvalue weighted by Gasteiger charge is 2.48. The molecule has 0 saturated heterocycles. The lowest BCUT2D eigenvalue weighted by molar-refractivity contribution is -0.130. The van der Waals surface area contributed by atoms with Crippen molar-refractivity contribution in [2.45, 2.75) is 18.2 Å². The van der Waals surface area contributed by atoms with Crippen LogP contribution in [0.5, 0.6) is 5.75 Å². The van der Waals surface area contributed by atoms with Gasteiger partial charge in [0.1, 0.15) is 5.75 Å². The monoisotopic (exact) mass is 387 g/mol. The van der Waals surface area contributed by atoms with Gasteiger partial charge in [0.2, 0.25) is 10.0 Å². The molecular weight excluding hydrogens is 375 g/mol. The third-order valence-corrected chi connectivity index (χ3v) is 5.57. The second kappa shape index (κ2) is 6.91. The number of ether oxygens (including phenoxy) is 1. The quantitative estimate of drug-likeness (QED) is 0.450. The first-order valence-electron chi connectivity index (χ1n) is 6.03. The van der Waals surface area contributed by atoms with Crippen molar-refractivity contribution in [2.24, 2.45) is 0 Å². The molecule has 0 aliphatic rings. The zero-order valence-corrected chi connectivity index (χ0v) is 13.8. The van der Waals surface area contributed by atoms with Crippen LogP contribution in [0, 0.1) is 0 Å². The molecule has 0 radical (unpaired) electrons. The van der Waals surface area contributed by atoms with E-state index in [9.17, 15) is 34.8 Å². The van der Waals surface area contributed by atoms with Crippen LogP contribution < -0.4 is 8.86 Å². The van der Waals surface area contributed by atoms with Crippen LogP contribution in [-0.2, 0) is 30.6 Å². The van der Waals surface area contributed by atoms with Gasteiger partial charge >= 0.3 is 21.5 Å². The molecule has 0 aliphatic heterocycles. The van der Waals surface area contributed by atoms with Crippen LogP contribution in [0.2, 0.25) is 0 Å². The maximum atomic E-state index is 12.2. The van der Waals surface area contributed by atoms with E-state index in [1.165, 1.54) is 25.1 Å². The van der Waals surface area contributed by atoms with Crippen molar-refractivity contribution in [1.82, 2.24) is 4.13 Å². The lowest BCUT2D eigenvalue weighted by Gasteiger charge is -2.11. The number of hydrogen-bond donors (Lipinski definition) is 1. The van der Waals surface area contributed by atoms with E-state index in [1.807, 2.05) is 0 Å². The second-order valence-electron chi connectivity index (χ2n) is 4.61. The maximum absolute atomic E-state index is 12.2. The van der Waals surface area contributed by atoms with Gasteiger partial charge < -0.3 is 4.74 Å². The summed E-state index contributed by atoms with van der Waals surface area (Å²) >= 11 is 0. The molecular formula is C12H12F3NO6S2. The number of carbonyl (C=O) groups is 1. The van der Waals surface area contributed by atoms with Gasteiger partial charge in [-0.05, 0) is 24.6 Å². The number of esters is 1. The maximum Gasteiger partial charge on any atom is 0.512 e. The average Bonchev–Trinajstić information content (AvgIpc) is 2.35. The fourth-order valence-corrected chi connectivity index (χ4v) is 3.93. The minimum absolute atomic E-state index is 0.0746. The van der Waals surface area contributed by atoms with E-state index in [1.54, 1.807) is 0 Å². The summed E-state index contributed by atoms with van der Waals surface area (Å²) in [5, 5.41) is 0. The molecule has 1 N–H and O–H groups in total. The smallest absolute Gasteiger partial charge is 0.423 e. The van der Waals surface area contributed by atoms with E-state index in [0.29, 0.717) is 4.13 Å². The molecule has 0 fully saturated rings. The Hall–Kier alpha value is -1.92. The highest BCUT2D eigenvalue weighted by Crippen LogP contribution is 2.23. The third kappa shape index (κ3) is 5.62. The van der Waals surface area contributed by atoms with Crippen molar-refractivity contribution in [3.63, 3.8) is 0 Å². The van der Waals surface area contributed by atoms with Crippen molar-refractivity contribution < 1.29 is 39.5 Å². The Morgan fingerprint density at radius 2 is 1.83 bits per heavy atom. The van der Waals surface area contributed by atoms with Crippen LogP contribution in [0.1, 0.15) is 12.5 Å². The number of alkyl halides is 3. The summed E-state index contributed by atoms with van der Waals surface area (Å²) in [6, 6.07) is 4.86.